The number of likely N-dealkylation sites (tertiary alicyclic amines) is 1. The number of hydrogen-bond acceptors (Lipinski definition) is 8. The van der Waals surface area contributed by atoms with Gasteiger partial charge in [-0.05, 0) is 64.0 Å². The highest BCUT2D eigenvalue weighted by Crippen LogP contribution is 2.36. The van der Waals surface area contributed by atoms with Gasteiger partial charge in [-0.1, -0.05) is 23.0 Å². The Bertz CT molecular complexity index is 1270. The van der Waals surface area contributed by atoms with Crippen molar-refractivity contribution in [2.45, 2.75) is 62.8 Å². The number of ether oxygens (including phenoxy) is 1. The quantitative estimate of drug-likeness (QED) is 0.278. The zero-order valence-corrected chi connectivity index (χ0v) is 24.7. The number of piperidine rings is 1. The molecule has 41 heavy (non-hydrogen) atoms. The molecule has 2 fully saturated rings. The Labute approximate surface area is 239 Å². The summed E-state index contributed by atoms with van der Waals surface area (Å²) < 4.78 is 62.7. The number of carbonyl (C=O) groups excluding carboxylic acids is 1. The number of nitrogens with zero attached hydrogens (tertiary/aromatic N) is 3. The molecule has 10 nitrogen and oxygen atoms in total. The van der Waals surface area contributed by atoms with E-state index in [-0.39, 0.29) is 29.8 Å². The summed E-state index contributed by atoms with van der Waals surface area (Å²) in [6.07, 6.45) is 4.03. The molecule has 2 heterocycles. The minimum atomic E-state index is -4.68. The summed E-state index contributed by atoms with van der Waals surface area (Å²) in [6, 6.07) is 4.24. The SMILES string of the molecule is COc1cc(C(=O)NC2CCN(C)CC2)ccc1Nc1ncc(C(F)(F)F)c(N[C@@H]2CCCC[C@H]2N[SH](C)(C)=O)n1. The largest absolute Gasteiger partial charge is 0.495 e. The average molecular weight is 600 g/mol. The van der Waals surface area contributed by atoms with Crippen LogP contribution in [0.5, 0.6) is 5.75 Å². The lowest BCUT2D eigenvalue weighted by Crippen LogP contribution is -2.50. The van der Waals surface area contributed by atoms with E-state index in [0.717, 1.165) is 45.0 Å². The zero-order valence-electron chi connectivity index (χ0n) is 23.8. The Morgan fingerprint density at radius 1 is 1.10 bits per heavy atom. The van der Waals surface area contributed by atoms with Gasteiger partial charge in [-0.15, -0.1) is 0 Å². The van der Waals surface area contributed by atoms with E-state index >= 15 is 0 Å². The predicted octanol–water partition coefficient (Wildman–Crippen LogP) is 3.58. The van der Waals surface area contributed by atoms with Gasteiger partial charge < -0.3 is 25.6 Å². The van der Waals surface area contributed by atoms with Crippen LogP contribution in [0.25, 0.3) is 0 Å². The van der Waals surface area contributed by atoms with Gasteiger partial charge in [-0.2, -0.15) is 18.2 Å². The second-order valence-corrected chi connectivity index (χ2v) is 14.1. The van der Waals surface area contributed by atoms with Crippen LogP contribution in [0.2, 0.25) is 0 Å². The number of rotatable bonds is 9. The molecule has 1 saturated carbocycles. The summed E-state index contributed by atoms with van der Waals surface area (Å²) in [6.45, 7) is 1.83. The van der Waals surface area contributed by atoms with Crippen molar-refractivity contribution < 1.29 is 26.9 Å². The van der Waals surface area contributed by atoms with Crippen molar-refractivity contribution in [1.29, 1.82) is 0 Å². The fourth-order valence-corrected chi connectivity index (χ4v) is 6.38. The first-order valence-corrected chi connectivity index (χ1v) is 16.4. The fourth-order valence-electron chi connectivity index (χ4n) is 5.27. The number of aromatic nitrogens is 2. The molecule has 0 radical (unpaired) electrons. The number of nitrogens with one attached hydrogen (secondary N) is 4. The van der Waals surface area contributed by atoms with E-state index in [1.54, 1.807) is 30.7 Å². The molecular formula is C27H40F3N7O3S. The number of halogens is 3. The van der Waals surface area contributed by atoms with Crippen LogP contribution < -0.4 is 25.4 Å². The molecule has 4 rings (SSSR count). The van der Waals surface area contributed by atoms with E-state index in [4.69, 9.17) is 4.74 Å². The summed E-state index contributed by atoms with van der Waals surface area (Å²) in [7, 11) is 0.880. The molecule has 228 valence electrons. The summed E-state index contributed by atoms with van der Waals surface area (Å²) in [5.74, 6) is -0.332. The van der Waals surface area contributed by atoms with E-state index in [9.17, 15) is 22.2 Å². The summed E-state index contributed by atoms with van der Waals surface area (Å²) >= 11 is 0. The predicted molar refractivity (Wildman–Crippen MR) is 155 cm³/mol. The number of methoxy groups -OCH3 is 1. The monoisotopic (exact) mass is 599 g/mol. The summed E-state index contributed by atoms with van der Waals surface area (Å²) in [5.41, 5.74) is -0.192. The van der Waals surface area contributed by atoms with Crippen LogP contribution in [-0.2, 0) is 16.3 Å². The number of anilines is 3. The maximum atomic E-state index is 13.9. The van der Waals surface area contributed by atoms with Crippen LogP contribution in [0.4, 0.5) is 30.6 Å². The van der Waals surface area contributed by atoms with Crippen molar-refractivity contribution in [3.05, 3.63) is 35.5 Å². The number of thiol groups is 1. The molecule has 4 N–H and O–H groups in total. The van der Waals surface area contributed by atoms with Crippen LogP contribution in [0.15, 0.2) is 24.4 Å². The molecule has 0 spiro atoms. The maximum absolute atomic E-state index is 13.9. The first-order chi connectivity index (χ1) is 19.3. The number of alkyl halides is 3. The second kappa shape index (κ2) is 12.9. The third-order valence-electron chi connectivity index (χ3n) is 7.42. The van der Waals surface area contributed by atoms with E-state index in [1.165, 1.54) is 7.11 Å². The minimum Gasteiger partial charge on any atom is -0.495 e. The molecule has 14 heteroatoms. The molecule has 1 aromatic carbocycles. The highest BCUT2D eigenvalue weighted by Gasteiger charge is 2.37. The standard InChI is InChI=1S/C27H40F3N7O3S/c1-37-13-11-18(12-14-37)32-25(38)17-9-10-22(23(15-17)40-2)34-26-31-16-19(27(28,29)30)24(35-26)33-20-7-5-6-8-21(20)36-41(3,4)39/h9-10,15-16,18,20-21,41H,5-8,11-14H2,1-4H3,(H,32,38)(H,36,39)(H2,31,33,34,35)/t20-,21-/m1/s1. The molecule has 0 unspecified atom stereocenters. The first-order valence-electron chi connectivity index (χ1n) is 13.8. The van der Waals surface area contributed by atoms with Gasteiger partial charge in [0.25, 0.3) is 5.91 Å². The Kier molecular flexibility index (Phi) is 9.75. The lowest BCUT2D eigenvalue weighted by molar-refractivity contribution is -0.137. The van der Waals surface area contributed by atoms with Crippen molar-refractivity contribution in [2.24, 2.45) is 0 Å². The van der Waals surface area contributed by atoms with Gasteiger partial charge in [-0.3, -0.25) is 13.7 Å². The smallest absolute Gasteiger partial charge is 0.421 e. The maximum Gasteiger partial charge on any atom is 0.421 e. The van der Waals surface area contributed by atoms with Crippen molar-refractivity contribution >= 4 is 33.5 Å². The molecule has 1 aliphatic heterocycles. The Hall–Kier alpha value is -2.97. The average Bonchev–Trinajstić information content (AvgIpc) is 2.90. The summed E-state index contributed by atoms with van der Waals surface area (Å²) in [4.78, 5) is 23.2. The molecule has 2 atom stereocenters. The van der Waals surface area contributed by atoms with Gasteiger partial charge in [0.05, 0.1) is 12.8 Å². The third kappa shape index (κ3) is 8.52. The lowest BCUT2D eigenvalue weighted by atomic mass is 9.91. The van der Waals surface area contributed by atoms with Crippen LogP contribution in [0.3, 0.4) is 0 Å². The van der Waals surface area contributed by atoms with Crippen molar-refractivity contribution in [3.63, 3.8) is 0 Å². The highest BCUT2D eigenvalue weighted by molar-refractivity contribution is 7.99. The molecule has 2 aliphatic rings. The lowest BCUT2D eigenvalue weighted by Gasteiger charge is -2.36. The molecule has 2 aromatic rings. The third-order valence-corrected chi connectivity index (χ3v) is 8.38. The topological polar surface area (TPSA) is 121 Å². The van der Waals surface area contributed by atoms with Crippen molar-refractivity contribution in [1.82, 2.24) is 24.9 Å². The van der Waals surface area contributed by atoms with Gasteiger partial charge in [-0.25, -0.2) is 4.98 Å². The second-order valence-electron chi connectivity index (χ2n) is 11.2. The van der Waals surface area contributed by atoms with Gasteiger partial charge in [0, 0.05) is 42.4 Å². The summed E-state index contributed by atoms with van der Waals surface area (Å²) in [5, 5.41) is 8.95. The molecule has 1 aliphatic carbocycles. The minimum absolute atomic E-state index is 0.0701. The van der Waals surface area contributed by atoms with Crippen LogP contribution in [-0.4, -0.2) is 82.9 Å². The van der Waals surface area contributed by atoms with E-state index in [0.29, 0.717) is 29.8 Å². The Balaban J connectivity index is 1.53. The highest BCUT2D eigenvalue weighted by atomic mass is 32.3. The number of carbonyl (C=O) groups is 1. The van der Waals surface area contributed by atoms with E-state index < -0.39 is 27.9 Å². The first kappa shape index (κ1) is 31.0. The van der Waals surface area contributed by atoms with Crippen LogP contribution in [0.1, 0.15) is 54.4 Å². The van der Waals surface area contributed by atoms with Gasteiger partial charge in [0.1, 0.15) is 17.1 Å². The molecule has 1 amide bonds. The van der Waals surface area contributed by atoms with Gasteiger partial charge in [0.15, 0.2) is 0 Å². The molecule has 1 saturated heterocycles. The zero-order chi connectivity index (χ0) is 29.8. The van der Waals surface area contributed by atoms with E-state index in [2.05, 4.69) is 42.6 Å². The molecule has 0 bridgehead atoms. The Morgan fingerprint density at radius 3 is 2.41 bits per heavy atom. The number of benzene rings is 1. The van der Waals surface area contributed by atoms with Crippen molar-refractivity contribution in [2.75, 3.05) is 50.4 Å². The van der Waals surface area contributed by atoms with Crippen LogP contribution in [0, 0.1) is 0 Å². The van der Waals surface area contributed by atoms with Crippen LogP contribution >= 0.6 is 0 Å². The molecule has 1 aromatic heterocycles. The van der Waals surface area contributed by atoms with Crippen molar-refractivity contribution in [3.8, 4) is 5.75 Å². The Morgan fingerprint density at radius 2 is 1.78 bits per heavy atom. The number of hydrogen-bond donors (Lipinski definition) is 5. The normalized spacial score (nSPS) is 21.2. The number of amides is 1. The van der Waals surface area contributed by atoms with E-state index in [1.807, 2.05) is 0 Å². The fraction of sp³-hybridized carbons (Fsp3) is 0.593. The van der Waals surface area contributed by atoms with Gasteiger partial charge in [0.2, 0.25) is 5.95 Å². The molecular weight excluding hydrogens is 559 g/mol. The van der Waals surface area contributed by atoms with Gasteiger partial charge >= 0.3 is 6.18 Å².